The number of fused-ring (bicyclic) bond motifs is 1. The lowest BCUT2D eigenvalue weighted by molar-refractivity contribution is -0.137. The quantitative estimate of drug-likeness (QED) is 0.605. The minimum absolute atomic E-state index is 0.181. The Bertz CT molecular complexity index is 1130. The predicted molar refractivity (Wildman–Crippen MR) is 115 cm³/mol. The number of carboxylic acids is 1. The van der Waals surface area contributed by atoms with E-state index in [2.05, 4.69) is 21.7 Å². The first-order chi connectivity index (χ1) is 14.6. The van der Waals surface area contributed by atoms with Crippen LogP contribution in [0.1, 0.15) is 34.0 Å². The molecule has 1 atom stereocenters. The van der Waals surface area contributed by atoms with Gasteiger partial charge in [0.05, 0.1) is 21.3 Å². The Labute approximate surface area is 181 Å². The van der Waals surface area contributed by atoms with E-state index in [1.54, 1.807) is 12.1 Å². The van der Waals surface area contributed by atoms with Crippen molar-refractivity contribution in [3.8, 4) is 0 Å². The van der Waals surface area contributed by atoms with Crippen LogP contribution in [0.2, 0.25) is 0 Å². The third kappa shape index (κ3) is 4.67. The smallest absolute Gasteiger partial charge is 0.416 e. The molecule has 5 nitrogen and oxygen atoms in total. The number of benzene rings is 2. The maximum Gasteiger partial charge on any atom is 0.416 e. The number of anilines is 1. The van der Waals surface area contributed by atoms with Crippen molar-refractivity contribution in [3.05, 3.63) is 58.7 Å². The standard InChI is InChI=1S/C22H22F3N3O2S/c1-13-7-15(9-16(8-13)20(29)30)12-27-5-6-28(11-14(27)2)21-26-18-4-3-17(22(23,24)25)10-19(18)31-21/h3-4,7-10,14H,5-6,11-12H2,1-2H3,(H,29,30)/t14-/m1/s1. The van der Waals surface area contributed by atoms with Crippen molar-refractivity contribution in [2.45, 2.75) is 32.6 Å². The molecule has 1 aliphatic rings. The van der Waals surface area contributed by atoms with Crippen LogP contribution >= 0.6 is 11.3 Å². The van der Waals surface area contributed by atoms with Crippen LogP contribution in [0.4, 0.5) is 18.3 Å². The Balaban J connectivity index is 1.47. The van der Waals surface area contributed by atoms with Gasteiger partial charge in [0, 0.05) is 32.2 Å². The summed E-state index contributed by atoms with van der Waals surface area (Å²) in [7, 11) is 0. The van der Waals surface area contributed by atoms with Crippen molar-refractivity contribution in [2.24, 2.45) is 0 Å². The van der Waals surface area contributed by atoms with Crippen LogP contribution in [0.3, 0.4) is 0 Å². The lowest BCUT2D eigenvalue weighted by Crippen LogP contribution is -2.51. The average molecular weight is 449 g/mol. The van der Waals surface area contributed by atoms with Gasteiger partial charge in [-0.05, 0) is 55.3 Å². The van der Waals surface area contributed by atoms with E-state index in [-0.39, 0.29) is 11.6 Å². The molecule has 0 saturated carbocycles. The van der Waals surface area contributed by atoms with Crippen LogP contribution in [-0.4, -0.2) is 46.6 Å². The van der Waals surface area contributed by atoms with E-state index in [0.717, 1.165) is 34.9 Å². The Morgan fingerprint density at radius 1 is 1.23 bits per heavy atom. The molecule has 9 heteroatoms. The fourth-order valence-corrected chi connectivity index (χ4v) is 4.98. The molecule has 0 amide bonds. The number of hydrogen-bond acceptors (Lipinski definition) is 5. The molecule has 4 rings (SSSR count). The normalized spacial score (nSPS) is 18.0. The SMILES string of the molecule is Cc1cc(CN2CCN(c3nc4ccc(C(F)(F)F)cc4s3)C[C@H]2C)cc(C(=O)O)c1. The second-order valence-corrected chi connectivity index (χ2v) is 8.96. The van der Waals surface area contributed by atoms with Crippen LogP contribution in [0.15, 0.2) is 36.4 Å². The number of alkyl halides is 3. The summed E-state index contributed by atoms with van der Waals surface area (Å²) in [5.74, 6) is -0.938. The van der Waals surface area contributed by atoms with Crippen molar-refractivity contribution < 1.29 is 23.1 Å². The predicted octanol–water partition coefficient (Wildman–Crippen LogP) is 5.03. The molecule has 2 heterocycles. The second-order valence-electron chi connectivity index (χ2n) is 7.95. The van der Waals surface area contributed by atoms with E-state index in [1.807, 2.05) is 13.0 Å². The monoisotopic (exact) mass is 449 g/mol. The van der Waals surface area contributed by atoms with E-state index < -0.39 is 17.7 Å². The number of aryl methyl sites for hydroxylation is 1. The third-order valence-corrected chi connectivity index (χ3v) is 6.59. The minimum atomic E-state index is -4.37. The van der Waals surface area contributed by atoms with Gasteiger partial charge < -0.3 is 10.0 Å². The Morgan fingerprint density at radius 3 is 2.68 bits per heavy atom. The zero-order valence-corrected chi connectivity index (χ0v) is 17.9. The molecule has 1 aliphatic heterocycles. The summed E-state index contributed by atoms with van der Waals surface area (Å²) >= 11 is 1.28. The van der Waals surface area contributed by atoms with Gasteiger partial charge in [0.25, 0.3) is 0 Å². The van der Waals surface area contributed by atoms with Crippen LogP contribution in [-0.2, 0) is 12.7 Å². The Kier molecular flexibility index (Phi) is 5.65. The zero-order chi connectivity index (χ0) is 22.3. The fourth-order valence-electron chi connectivity index (χ4n) is 3.94. The van der Waals surface area contributed by atoms with Gasteiger partial charge in [0.1, 0.15) is 0 Å². The molecule has 31 heavy (non-hydrogen) atoms. The number of aromatic carboxylic acids is 1. The number of hydrogen-bond donors (Lipinski definition) is 1. The van der Waals surface area contributed by atoms with Crippen LogP contribution < -0.4 is 4.90 Å². The van der Waals surface area contributed by atoms with E-state index in [4.69, 9.17) is 0 Å². The van der Waals surface area contributed by atoms with Gasteiger partial charge in [-0.2, -0.15) is 13.2 Å². The number of thiazole rings is 1. The van der Waals surface area contributed by atoms with Gasteiger partial charge in [-0.25, -0.2) is 9.78 Å². The maximum absolute atomic E-state index is 13.0. The molecular formula is C22H22F3N3O2S. The van der Waals surface area contributed by atoms with E-state index in [0.29, 0.717) is 29.9 Å². The summed E-state index contributed by atoms with van der Waals surface area (Å²) in [6.07, 6.45) is -4.37. The van der Waals surface area contributed by atoms with Crippen molar-refractivity contribution >= 4 is 32.7 Å². The highest BCUT2D eigenvalue weighted by Crippen LogP contribution is 2.36. The molecule has 1 saturated heterocycles. The number of carboxylic acid groups (broad SMARTS) is 1. The third-order valence-electron chi connectivity index (χ3n) is 5.51. The number of nitrogens with zero attached hydrogens (tertiary/aromatic N) is 3. The molecule has 2 aromatic carbocycles. The summed E-state index contributed by atoms with van der Waals surface area (Å²) < 4.78 is 39.5. The Hall–Kier alpha value is -2.65. The first-order valence-electron chi connectivity index (χ1n) is 9.91. The van der Waals surface area contributed by atoms with Crippen LogP contribution in [0.25, 0.3) is 10.2 Å². The van der Waals surface area contributed by atoms with E-state index in [1.165, 1.54) is 17.4 Å². The molecule has 1 fully saturated rings. The number of rotatable bonds is 4. The first-order valence-corrected chi connectivity index (χ1v) is 10.7. The van der Waals surface area contributed by atoms with Crippen molar-refractivity contribution in [1.29, 1.82) is 0 Å². The lowest BCUT2D eigenvalue weighted by atomic mass is 10.0. The Morgan fingerprint density at radius 2 is 2.00 bits per heavy atom. The number of aromatic nitrogens is 1. The number of carbonyl (C=O) groups is 1. The zero-order valence-electron chi connectivity index (χ0n) is 17.1. The van der Waals surface area contributed by atoms with Crippen molar-refractivity contribution in [1.82, 2.24) is 9.88 Å². The molecule has 0 unspecified atom stereocenters. The average Bonchev–Trinajstić information content (AvgIpc) is 3.12. The molecule has 3 aromatic rings. The van der Waals surface area contributed by atoms with Gasteiger partial charge in [-0.15, -0.1) is 0 Å². The lowest BCUT2D eigenvalue weighted by Gasteiger charge is -2.39. The van der Waals surface area contributed by atoms with Crippen LogP contribution in [0.5, 0.6) is 0 Å². The van der Waals surface area contributed by atoms with Gasteiger partial charge in [-0.1, -0.05) is 17.4 Å². The first kappa shape index (κ1) is 21.6. The minimum Gasteiger partial charge on any atom is -0.478 e. The highest BCUT2D eigenvalue weighted by molar-refractivity contribution is 7.22. The van der Waals surface area contributed by atoms with E-state index in [9.17, 15) is 23.1 Å². The molecular weight excluding hydrogens is 427 g/mol. The van der Waals surface area contributed by atoms with Crippen LogP contribution in [0, 0.1) is 6.92 Å². The van der Waals surface area contributed by atoms with Crippen molar-refractivity contribution in [2.75, 3.05) is 24.5 Å². The van der Waals surface area contributed by atoms with E-state index >= 15 is 0 Å². The second kappa shape index (κ2) is 8.12. The maximum atomic E-state index is 13.0. The molecule has 0 radical (unpaired) electrons. The highest BCUT2D eigenvalue weighted by Gasteiger charge is 2.31. The molecule has 0 spiro atoms. The molecule has 1 aromatic heterocycles. The van der Waals surface area contributed by atoms with Gasteiger partial charge in [-0.3, -0.25) is 4.90 Å². The molecule has 0 aliphatic carbocycles. The van der Waals surface area contributed by atoms with Gasteiger partial charge >= 0.3 is 12.1 Å². The molecule has 164 valence electrons. The molecule has 0 bridgehead atoms. The van der Waals surface area contributed by atoms with Crippen molar-refractivity contribution in [3.63, 3.8) is 0 Å². The summed E-state index contributed by atoms with van der Waals surface area (Å²) in [5, 5.41) is 10.0. The summed E-state index contributed by atoms with van der Waals surface area (Å²) in [4.78, 5) is 20.3. The number of piperazine rings is 1. The summed E-state index contributed by atoms with van der Waals surface area (Å²) in [5.41, 5.74) is 2.07. The fraction of sp³-hybridized carbons (Fsp3) is 0.364. The van der Waals surface area contributed by atoms with Gasteiger partial charge in [0.15, 0.2) is 5.13 Å². The highest BCUT2D eigenvalue weighted by atomic mass is 32.1. The largest absolute Gasteiger partial charge is 0.478 e. The van der Waals surface area contributed by atoms with Gasteiger partial charge in [0.2, 0.25) is 0 Å². The summed E-state index contributed by atoms with van der Waals surface area (Å²) in [6, 6.07) is 9.20. The topological polar surface area (TPSA) is 56.7 Å². The summed E-state index contributed by atoms with van der Waals surface area (Å²) in [6.45, 7) is 6.77. The number of halogens is 3. The molecule has 1 N–H and O–H groups in total.